The molecule has 4 aromatic carbocycles. The van der Waals surface area contributed by atoms with Crippen LogP contribution in [0.4, 0.5) is 5.69 Å². The van der Waals surface area contributed by atoms with Gasteiger partial charge in [0.25, 0.3) is 10.0 Å². The predicted octanol–water partition coefficient (Wildman–Crippen LogP) is 6.54. The number of benzene rings is 4. The number of amides is 2. The van der Waals surface area contributed by atoms with Crippen LogP contribution in [0.25, 0.3) is 0 Å². The Balaban J connectivity index is 1.56. The maximum absolute atomic E-state index is 14.6. The van der Waals surface area contributed by atoms with Crippen LogP contribution in [0, 0.1) is 6.92 Å². The molecule has 1 aliphatic rings. The zero-order chi connectivity index (χ0) is 31.8. The number of nitrogens with one attached hydrogen (secondary N) is 1. The van der Waals surface area contributed by atoms with Crippen molar-refractivity contribution in [1.29, 1.82) is 0 Å². The van der Waals surface area contributed by atoms with Crippen molar-refractivity contribution in [2.45, 2.75) is 62.6 Å². The third kappa shape index (κ3) is 8.12. The van der Waals surface area contributed by atoms with Crippen LogP contribution in [0.15, 0.2) is 114 Å². The molecule has 1 saturated carbocycles. The number of halogens is 1. The molecule has 5 rings (SSSR count). The van der Waals surface area contributed by atoms with Gasteiger partial charge in [-0.15, -0.1) is 0 Å². The van der Waals surface area contributed by atoms with Crippen LogP contribution in [0.2, 0.25) is 5.02 Å². The Bertz CT molecular complexity index is 1690. The molecule has 7 nitrogen and oxygen atoms in total. The van der Waals surface area contributed by atoms with Crippen molar-refractivity contribution in [3.05, 3.63) is 131 Å². The average molecular weight is 644 g/mol. The monoisotopic (exact) mass is 643 g/mol. The minimum absolute atomic E-state index is 0.0465. The number of rotatable bonds is 12. The first-order chi connectivity index (χ1) is 21.7. The highest BCUT2D eigenvalue weighted by Gasteiger charge is 2.35. The number of carbonyl (C=O) groups is 2. The van der Waals surface area contributed by atoms with Gasteiger partial charge < -0.3 is 10.2 Å². The predicted molar refractivity (Wildman–Crippen MR) is 178 cm³/mol. The summed E-state index contributed by atoms with van der Waals surface area (Å²) in [5.41, 5.74) is 2.77. The molecule has 0 radical (unpaired) electrons. The molecule has 0 saturated heterocycles. The van der Waals surface area contributed by atoms with Crippen LogP contribution in [-0.4, -0.2) is 43.8 Å². The van der Waals surface area contributed by atoms with Gasteiger partial charge in [-0.2, -0.15) is 0 Å². The zero-order valence-electron chi connectivity index (χ0n) is 25.3. The molecule has 9 heteroatoms. The van der Waals surface area contributed by atoms with Crippen molar-refractivity contribution in [1.82, 2.24) is 10.2 Å². The molecule has 0 bridgehead atoms. The first-order valence-corrected chi connectivity index (χ1v) is 17.1. The van der Waals surface area contributed by atoms with Crippen molar-refractivity contribution in [2.75, 3.05) is 10.8 Å². The Labute approximate surface area is 270 Å². The molecule has 1 aliphatic carbocycles. The van der Waals surface area contributed by atoms with Crippen molar-refractivity contribution < 1.29 is 18.0 Å². The smallest absolute Gasteiger partial charge is 0.264 e. The van der Waals surface area contributed by atoms with E-state index in [1.807, 2.05) is 61.5 Å². The molecule has 1 atom stereocenters. The van der Waals surface area contributed by atoms with Gasteiger partial charge in [0.2, 0.25) is 11.8 Å². The lowest BCUT2D eigenvalue weighted by molar-refractivity contribution is -0.140. The number of carbonyl (C=O) groups excluding carboxylic acids is 2. The molecule has 1 fully saturated rings. The van der Waals surface area contributed by atoms with E-state index in [2.05, 4.69) is 5.32 Å². The van der Waals surface area contributed by atoms with Gasteiger partial charge in [0.15, 0.2) is 0 Å². The number of hydrogen-bond donors (Lipinski definition) is 1. The molecule has 0 heterocycles. The summed E-state index contributed by atoms with van der Waals surface area (Å²) in [6, 6.07) is 31.0. The van der Waals surface area contributed by atoms with Gasteiger partial charge in [-0.05, 0) is 66.8 Å². The molecule has 2 amide bonds. The van der Waals surface area contributed by atoms with Crippen LogP contribution >= 0.6 is 11.6 Å². The second-order valence-electron chi connectivity index (χ2n) is 11.5. The normalized spacial score (nSPS) is 14.1. The lowest BCUT2D eigenvalue weighted by atomic mass is 10.0. The molecule has 0 unspecified atom stereocenters. The average Bonchev–Trinajstić information content (AvgIpc) is 3.56. The minimum Gasteiger partial charge on any atom is -0.352 e. The second kappa shape index (κ2) is 14.8. The van der Waals surface area contributed by atoms with Gasteiger partial charge in [-0.25, -0.2) is 8.42 Å². The van der Waals surface area contributed by atoms with Crippen LogP contribution < -0.4 is 9.62 Å². The van der Waals surface area contributed by atoms with Crippen molar-refractivity contribution in [2.24, 2.45) is 0 Å². The first kappa shape index (κ1) is 32.3. The lowest BCUT2D eigenvalue weighted by Gasteiger charge is -2.34. The molecular formula is C36H38ClN3O4S. The number of nitrogens with zero attached hydrogens (tertiary/aromatic N) is 2. The number of sulfonamides is 1. The number of anilines is 1. The number of aryl methyl sites for hydroxylation is 1. The first-order valence-electron chi connectivity index (χ1n) is 15.2. The Hall–Kier alpha value is -4.14. The van der Waals surface area contributed by atoms with E-state index in [0.717, 1.165) is 41.1 Å². The van der Waals surface area contributed by atoms with E-state index in [4.69, 9.17) is 11.6 Å². The second-order valence-corrected chi connectivity index (χ2v) is 13.8. The van der Waals surface area contributed by atoms with E-state index in [-0.39, 0.29) is 29.8 Å². The molecule has 234 valence electrons. The number of para-hydroxylation sites is 1. The van der Waals surface area contributed by atoms with Crippen molar-refractivity contribution in [3.8, 4) is 0 Å². The Morgan fingerprint density at radius 2 is 1.42 bits per heavy atom. The van der Waals surface area contributed by atoms with E-state index in [0.29, 0.717) is 16.3 Å². The molecule has 0 aliphatic heterocycles. The van der Waals surface area contributed by atoms with Crippen LogP contribution in [0.1, 0.15) is 42.4 Å². The third-order valence-corrected chi connectivity index (χ3v) is 10.3. The van der Waals surface area contributed by atoms with E-state index >= 15 is 0 Å². The quantitative estimate of drug-likeness (QED) is 0.190. The highest BCUT2D eigenvalue weighted by Crippen LogP contribution is 2.28. The van der Waals surface area contributed by atoms with E-state index in [1.54, 1.807) is 42.5 Å². The summed E-state index contributed by atoms with van der Waals surface area (Å²) in [6.07, 6.45) is 4.15. The molecule has 0 aromatic heterocycles. The number of hydrogen-bond acceptors (Lipinski definition) is 4. The maximum Gasteiger partial charge on any atom is 0.264 e. The molecule has 1 N–H and O–H groups in total. The van der Waals surface area contributed by atoms with E-state index in [9.17, 15) is 18.0 Å². The van der Waals surface area contributed by atoms with Gasteiger partial charge in [0.1, 0.15) is 12.6 Å². The molecule has 4 aromatic rings. The summed E-state index contributed by atoms with van der Waals surface area (Å²) in [7, 11) is -4.14. The molecule has 0 spiro atoms. The van der Waals surface area contributed by atoms with Gasteiger partial charge in [-0.3, -0.25) is 13.9 Å². The Morgan fingerprint density at radius 3 is 2.07 bits per heavy atom. The fraction of sp³-hybridized carbons (Fsp3) is 0.278. The van der Waals surface area contributed by atoms with Crippen LogP contribution in [-0.2, 0) is 32.6 Å². The van der Waals surface area contributed by atoms with Crippen LogP contribution in [0.5, 0.6) is 0 Å². The highest BCUT2D eigenvalue weighted by molar-refractivity contribution is 7.92. The van der Waals surface area contributed by atoms with E-state index < -0.39 is 28.5 Å². The largest absolute Gasteiger partial charge is 0.352 e. The van der Waals surface area contributed by atoms with Crippen LogP contribution in [0.3, 0.4) is 0 Å². The fourth-order valence-corrected chi connectivity index (χ4v) is 7.41. The lowest BCUT2D eigenvalue weighted by Crippen LogP contribution is -2.54. The third-order valence-electron chi connectivity index (χ3n) is 8.23. The molecule has 45 heavy (non-hydrogen) atoms. The summed E-state index contributed by atoms with van der Waals surface area (Å²) in [6.45, 7) is 1.42. The minimum atomic E-state index is -4.14. The summed E-state index contributed by atoms with van der Waals surface area (Å²) in [5, 5.41) is 3.75. The Kier molecular flexibility index (Phi) is 10.6. The summed E-state index contributed by atoms with van der Waals surface area (Å²) < 4.78 is 29.4. The zero-order valence-corrected chi connectivity index (χ0v) is 26.9. The van der Waals surface area contributed by atoms with Gasteiger partial charge in [0.05, 0.1) is 10.6 Å². The fourth-order valence-electron chi connectivity index (χ4n) is 5.78. The van der Waals surface area contributed by atoms with E-state index in [1.165, 1.54) is 17.0 Å². The van der Waals surface area contributed by atoms with Crippen molar-refractivity contribution in [3.63, 3.8) is 0 Å². The van der Waals surface area contributed by atoms with Crippen molar-refractivity contribution >= 4 is 39.1 Å². The molecular weight excluding hydrogens is 606 g/mol. The summed E-state index contributed by atoms with van der Waals surface area (Å²) in [4.78, 5) is 30.2. The summed E-state index contributed by atoms with van der Waals surface area (Å²) in [5.74, 6) is -0.739. The SMILES string of the molecule is Cc1ccccc1N(CC(=O)N(Cc1ccc(Cl)cc1)[C@H](Cc1ccccc1)C(=O)NC1CCCC1)S(=O)(=O)c1ccccc1. The van der Waals surface area contributed by atoms with Gasteiger partial charge in [-0.1, -0.05) is 103 Å². The standard InChI is InChI=1S/C36H38ClN3O4S/c1-27-12-8-11-19-33(27)40(45(43,44)32-17-6-3-7-18-32)26-35(41)39(25-29-20-22-30(37)23-21-29)34(24-28-13-4-2-5-14-28)36(42)38-31-15-9-10-16-31/h2-8,11-14,17-23,31,34H,9-10,15-16,24-26H2,1H3,(H,38,42)/t34-/m1/s1. The highest BCUT2D eigenvalue weighted by atomic mass is 35.5. The Morgan fingerprint density at radius 1 is 0.822 bits per heavy atom. The topological polar surface area (TPSA) is 86.8 Å². The maximum atomic E-state index is 14.6. The van der Waals surface area contributed by atoms with Gasteiger partial charge in [0, 0.05) is 24.0 Å². The summed E-state index contributed by atoms with van der Waals surface area (Å²) >= 11 is 6.17. The van der Waals surface area contributed by atoms with Gasteiger partial charge >= 0.3 is 0 Å².